The van der Waals surface area contributed by atoms with Gasteiger partial charge in [0.05, 0.1) is 17.7 Å². The van der Waals surface area contributed by atoms with Gasteiger partial charge in [0.1, 0.15) is 11.6 Å². The van der Waals surface area contributed by atoms with Crippen molar-refractivity contribution in [3.63, 3.8) is 0 Å². The van der Waals surface area contributed by atoms with Crippen molar-refractivity contribution in [3.05, 3.63) is 52.8 Å². The highest BCUT2D eigenvalue weighted by atomic mass is 79.9. The minimum absolute atomic E-state index is 0.0977. The van der Waals surface area contributed by atoms with Crippen LogP contribution in [0.3, 0.4) is 0 Å². The fourth-order valence-corrected chi connectivity index (χ4v) is 4.67. The second kappa shape index (κ2) is 9.10. The molecule has 10 heteroatoms. The maximum absolute atomic E-state index is 13.9. The summed E-state index contributed by atoms with van der Waals surface area (Å²) in [5.41, 5.74) is 0.0977. The van der Waals surface area contributed by atoms with Crippen molar-refractivity contribution in [2.75, 3.05) is 25.5 Å². The van der Waals surface area contributed by atoms with Gasteiger partial charge < -0.3 is 15.0 Å². The Balaban J connectivity index is 1.54. The van der Waals surface area contributed by atoms with E-state index in [-0.39, 0.29) is 16.6 Å². The van der Waals surface area contributed by atoms with Gasteiger partial charge in [0.15, 0.2) is 0 Å². The summed E-state index contributed by atoms with van der Waals surface area (Å²) >= 11 is 3.17. The fraction of sp³-hybridized carbons (Fsp3) is 0.316. The molecule has 0 atom stereocenters. The zero-order valence-corrected chi connectivity index (χ0v) is 18.1. The summed E-state index contributed by atoms with van der Waals surface area (Å²) in [7, 11) is -2.15. The van der Waals surface area contributed by atoms with Gasteiger partial charge in [-0.3, -0.25) is 0 Å². The molecule has 0 aliphatic carbocycles. The van der Waals surface area contributed by atoms with Crippen LogP contribution in [0.4, 0.5) is 14.9 Å². The lowest BCUT2D eigenvalue weighted by atomic mass is 10.1. The Bertz CT molecular complexity index is 977. The summed E-state index contributed by atoms with van der Waals surface area (Å²) in [5, 5.41) is 2.55. The number of piperidine rings is 1. The molecule has 0 spiro atoms. The molecule has 1 saturated heterocycles. The number of ether oxygens (including phenoxy) is 1. The highest BCUT2D eigenvalue weighted by molar-refractivity contribution is 9.10. The highest BCUT2D eigenvalue weighted by Crippen LogP contribution is 2.21. The van der Waals surface area contributed by atoms with Crippen LogP contribution in [0.25, 0.3) is 0 Å². The number of urea groups is 1. The number of hydrogen-bond acceptors (Lipinski definition) is 4. The van der Waals surface area contributed by atoms with E-state index in [1.165, 1.54) is 31.4 Å². The molecule has 2 N–H and O–H groups in total. The van der Waals surface area contributed by atoms with E-state index >= 15 is 0 Å². The van der Waals surface area contributed by atoms with Crippen molar-refractivity contribution in [1.82, 2.24) is 9.62 Å². The van der Waals surface area contributed by atoms with E-state index in [2.05, 4.69) is 26.0 Å². The van der Waals surface area contributed by atoms with Gasteiger partial charge in [-0.2, -0.15) is 0 Å². The van der Waals surface area contributed by atoms with Crippen LogP contribution in [0.15, 0.2) is 51.8 Å². The van der Waals surface area contributed by atoms with Crippen LogP contribution in [0, 0.1) is 5.82 Å². The monoisotopic (exact) mass is 485 g/mol. The molecule has 29 heavy (non-hydrogen) atoms. The molecule has 2 aromatic rings. The summed E-state index contributed by atoms with van der Waals surface area (Å²) in [6, 6.07) is 9.83. The van der Waals surface area contributed by atoms with E-state index in [9.17, 15) is 17.6 Å². The molecular formula is C19H21BrFN3O4S. The lowest BCUT2D eigenvalue weighted by molar-refractivity contribution is 0.193. The smallest absolute Gasteiger partial charge is 0.321 e. The third kappa shape index (κ3) is 5.46. The summed E-state index contributed by atoms with van der Waals surface area (Å²) in [6.07, 6.45) is 0.928. The number of likely N-dealkylation sites (tertiary alicyclic amines) is 1. The number of halogens is 2. The largest absolute Gasteiger partial charge is 0.497 e. The molecule has 1 heterocycles. The quantitative estimate of drug-likeness (QED) is 0.677. The number of hydrogen-bond donors (Lipinski definition) is 2. The third-order valence-corrected chi connectivity index (χ3v) is 6.68. The predicted molar refractivity (Wildman–Crippen MR) is 111 cm³/mol. The van der Waals surface area contributed by atoms with E-state index in [1.807, 2.05) is 0 Å². The summed E-state index contributed by atoms with van der Waals surface area (Å²) in [5.74, 6) is 0.0420. The van der Waals surface area contributed by atoms with Gasteiger partial charge >= 0.3 is 6.03 Å². The van der Waals surface area contributed by atoms with Crippen LogP contribution in [-0.2, 0) is 10.0 Å². The molecular weight excluding hydrogens is 465 g/mol. The van der Waals surface area contributed by atoms with Crippen molar-refractivity contribution < 1.29 is 22.3 Å². The van der Waals surface area contributed by atoms with Crippen LogP contribution in [-0.4, -0.2) is 45.6 Å². The fourth-order valence-electron chi connectivity index (χ4n) is 3.03. The lowest BCUT2D eigenvalue weighted by Crippen LogP contribution is -2.47. The molecule has 1 fully saturated rings. The number of nitrogens with zero attached hydrogens (tertiary/aromatic N) is 1. The molecule has 156 valence electrons. The van der Waals surface area contributed by atoms with Crippen molar-refractivity contribution in [1.29, 1.82) is 0 Å². The van der Waals surface area contributed by atoms with Gasteiger partial charge in [-0.05, 0) is 55.3 Å². The molecule has 0 saturated carbocycles. The first-order valence-corrected chi connectivity index (χ1v) is 11.2. The van der Waals surface area contributed by atoms with Crippen LogP contribution in [0.2, 0.25) is 0 Å². The summed E-state index contributed by atoms with van der Waals surface area (Å²) in [4.78, 5) is 14.1. The number of benzene rings is 2. The predicted octanol–water partition coefficient (Wildman–Crippen LogP) is 3.57. The number of nitrogens with one attached hydrogen (secondary N) is 2. The Hall–Kier alpha value is -2.17. The minimum atomic E-state index is -3.66. The number of carbonyl (C=O) groups is 1. The van der Waals surface area contributed by atoms with Gasteiger partial charge in [-0.15, -0.1) is 0 Å². The topological polar surface area (TPSA) is 87.7 Å². The molecule has 0 radical (unpaired) electrons. The van der Waals surface area contributed by atoms with Crippen LogP contribution in [0.5, 0.6) is 5.75 Å². The van der Waals surface area contributed by atoms with E-state index in [0.29, 0.717) is 36.2 Å². The highest BCUT2D eigenvalue weighted by Gasteiger charge is 2.27. The normalized spacial score (nSPS) is 15.2. The number of methoxy groups -OCH3 is 1. The first-order valence-electron chi connectivity index (χ1n) is 8.96. The van der Waals surface area contributed by atoms with Gasteiger partial charge in [0.2, 0.25) is 10.0 Å². The number of anilines is 1. The standard InChI is InChI=1S/C19H21BrFN3O4S/c1-28-15-3-5-16(6-4-15)29(26,27)23-14-8-10-24(11-9-14)19(25)22-18-7-2-13(20)12-17(18)21/h2-7,12,14,23H,8-11H2,1H3,(H,22,25). The van der Waals surface area contributed by atoms with Crippen LogP contribution >= 0.6 is 15.9 Å². The van der Waals surface area contributed by atoms with Gasteiger partial charge in [-0.25, -0.2) is 22.3 Å². The van der Waals surface area contributed by atoms with Crippen LogP contribution < -0.4 is 14.8 Å². The van der Waals surface area contributed by atoms with E-state index in [0.717, 1.165) is 0 Å². The van der Waals surface area contributed by atoms with Gasteiger partial charge in [-0.1, -0.05) is 15.9 Å². The molecule has 0 bridgehead atoms. The summed E-state index contributed by atoms with van der Waals surface area (Å²) in [6.45, 7) is 0.722. The second-order valence-corrected chi connectivity index (χ2v) is 9.24. The molecule has 1 aliphatic heterocycles. The van der Waals surface area contributed by atoms with Gasteiger partial charge in [0.25, 0.3) is 0 Å². The molecule has 0 unspecified atom stereocenters. The minimum Gasteiger partial charge on any atom is -0.497 e. The molecule has 0 aromatic heterocycles. The number of carbonyl (C=O) groups excluding carboxylic acids is 1. The maximum atomic E-state index is 13.9. The van der Waals surface area contributed by atoms with E-state index in [1.54, 1.807) is 23.1 Å². The van der Waals surface area contributed by atoms with Crippen molar-refractivity contribution in [3.8, 4) is 5.75 Å². The Labute approximate surface area is 177 Å². The first-order chi connectivity index (χ1) is 13.8. The zero-order valence-electron chi connectivity index (χ0n) is 15.7. The van der Waals surface area contributed by atoms with Crippen molar-refractivity contribution in [2.24, 2.45) is 0 Å². The Morgan fingerprint density at radius 3 is 2.41 bits per heavy atom. The lowest BCUT2D eigenvalue weighted by Gasteiger charge is -2.32. The molecule has 1 aliphatic rings. The summed E-state index contributed by atoms with van der Waals surface area (Å²) < 4.78 is 47.2. The second-order valence-electron chi connectivity index (χ2n) is 6.61. The maximum Gasteiger partial charge on any atom is 0.321 e. The first kappa shape index (κ1) is 21.5. The molecule has 3 rings (SSSR count). The number of amides is 2. The van der Waals surface area contributed by atoms with Crippen molar-refractivity contribution in [2.45, 2.75) is 23.8 Å². The van der Waals surface area contributed by atoms with Crippen molar-refractivity contribution >= 4 is 37.7 Å². The number of rotatable bonds is 5. The zero-order chi connectivity index (χ0) is 21.0. The molecule has 2 aromatic carbocycles. The average Bonchev–Trinajstić information content (AvgIpc) is 2.70. The Kier molecular flexibility index (Phi) is 6.76. The van der Waals surface area contributed by atoms with E-state index in [4.69, 9.17) is 4.74 Å². The van der Waals surface area contributed by atoms with E-state index < -0.39 is 21.9 Å². The average molecular weight is 486 g/mol. The third-order valence-electron chi connectivity index (χ3n) is 4.65. The molecule has 7 nitrogen and oxygen atoms in total. The molecule has 2 amide bonds. The Morgan fingerprint density at radius 2 is 1.83 bits per heavy atom. The van der Waals surface area contributed by atoms with Crippen LogP contribution in [0.1, 0.15) is 12.8 Å². The SMILES string of the molecule is COc1ccc(S(=O)(=O)NC2CCN(C(=O)Nc3ccc(Br)cc3F)CC2)cc1. The van der Waals surface area contributed by atoms with Gasteiger partial charge in [0, 0.05) is 23.6 Å². The Morgan fingerprint density at radius 1 is 1.17 bits per heavy atom. The number of sulfonamides is 1.